The molecular weight excluding hydrogens is 324 g/mol. The van der Waals surface area contributed by atoms with Crippen molar-refractivity contribution in [3.63, 3.8) is 0 Å². The van der Waals surface area contributed by atoms with E-state index in [9.17, 15) is 13.2 Å². The van der Waals surface area contributed by atoms with Crippen molar-refractivity contribution in [2.24, 2.45) is 0 Å². The van der Waals surface area contributed by atoms with Gasteiger partial charge in [0.15, 0.2) is 0 Å². The van der Waals surface area contributed by atoms with Crippen molar-refractivity contribution in [1.29, 1.82) is 0 Å². The number of hydrogen-bond acceptors (Lipinski definition) is 3. The van der Waals surface area contributed by atoms with E-state index in [0.29, 0.717) is 17.8 Å². The number of rotatable bonds is 6. The van der Waals surface area contributed by atoms with E-state index in [-0.39, 0.29) is 17.2 Å². The Morgan fingerprint density at radius 2 is 1.88 bits per heavy atom. The molecule has 0 bridgehead atoms. The largest absolute Gasteiger partial charge is 0.326 e. The maximum Gasteiger partial charge on any atom is 0.240 e. The van der Waals surface area contributed by atoms with Crippen LogP contribution in [0, 0.1) is 12.3 Å². The predicted molar refractivity (Wildman–Crippen MR) is 94.0 cm³/mol. The number of anilines is 1. The van der Waals surface area contributed by atoms with E-state index in [1.54, 1.807) is 43.3 Å². The third-order valence-corrected chi connectivity index (χ3v) is 4.81. The molecule has 0 unspecified atom stereocenters. The molecule has 2 N–H and O–H groups in total. The van der Waals surface area contributed by atoms with Gasteiger partial charge in [-0.25, -0.2) is 13.1 Å². The number of hydrogen-bond donors (Lipinski definition) is 2. The molecule has 0 aromatic heterocycles. The summed E-state index contributed by atoms with van der Waals surface area (Å²) in [5.74, 6) is 2.30. The quantitative estimate of drug-likeness (QED) is 0.790. The average Bonchev–Trinajstić information content (AvgIpc) is 2.55. The van der Waals surface area contributed by atoms with E-state index in [4.69, 9.17) is 6.42 Å². The summed E-state index contributed by atoms with van der Waals surface area (Å²) in [7, 11) is -3.48. The second-order valence-electron chi connectivity index (χ2n) is 5.10. The summed E-state index contributed by atoms with van der Waals surface area (Å²) in [6.45, 7) is 2.04. The molecule has 0 saturated carbocycles. The molecule has 1 amide bonds. The number of nitrogens with one attached hydrogen (secondary N) is 2. The Morgan fingerprint density at radius 3 is 2.50 bits per heavy atom. The molecule has 0 saturated heterocycles. The summed E-state index contributed by atoms with van der Waals surface area (Å²) >= 11 is 0. The van der Waals surface area contributed by atoms with Crippen LogP contribution < -0.4 is 10.0 Å². The maximum absolute atomic E-state index is 12.1. The maximum atomic E-state index is 12.1. The van der Waals surface area contributed by atoms with Gasteiger partial charge in [0.1, 0.15) is 0 Å². The summed E-state index contributed by atoms with van der Waals surface area (Å²) in [4.78, 5) is 12.2. The molecule has 2 aromatic carbocycles. The first-order valence-electron chi connectivity index (χ1n) is 7.39. The molecule has 0 spiro atoms. The van der Waals surface area contributed by atoms with Gasteiger partial charge in [0.25, 0.3) is 0 Å². The van der Waals surface area contributed by atoms with Crippen molar-refractivity contribution in [3.8, 4) is 12.3 Å². The van der Waals surface area contributed by atoms with Crippen LogP contribution in [0.4, 0.5) is 5.69 Å². The molecule has 2 aromatic rings. The minimum Gasteiger partial charge on any atom is -0.326 e. The number of carbonyl (C=O) groups is 1. The van der Waals surface area contributed by atoms with E-state index in [1.807, 2.05) is 0 Å². The topological polar surface area (TPSA) is 75.3 Å². The van der Waals surface area contributed by atoms with Crippen LogP contribution in [0.3, 0.4) is 0 Å². The highest BCUT2D eigenvalue weighted by molar-refractivity contribution is 7.89. The molecular formula is C18H18N2O3S. The highest BCUT2D eigenvalue weighted by Crippen LogP contribution is 2.13. The number of terminal acetylenes is 1. The first-order valence-corrected chi connectivity index (χ1v) is 8.88. The lowest BCUT2D eigenvalue weighted by atomic mass is 10.1. The van der Waals surface area contributed by atoms with Crippen molar-refractivity contribution in [2.45, 2.75) is 18.2 Å². The van der Waals surface area contributed by atoms with E-state index < -0.39 is 10.0 Å². The summed E-state index contributed by atoms with van der Waals surface area (Å²) in [6, 6.07) is 13.2. The van der Waals surface area contributed by atoms with Crippen LogP contribution in [-0.2, 0) is 21.2 Å². The lowest BCUT2D eigenvalue weighted by Crippen LogP contribution is -2.23. The Labute approximate surface area is 142 Å². The normalized spacial score (nSPS) is 10.8. The van der Waals surface area contributed by atoms with Gasteiger partial charge < -0.3 is 5.32 Å². The fourth-order valence-electron chi connectivity index (χ4n) is 2.14. The molecule has 0 aliphatic rings. The highest BCUT2D eigenvalue weighted by Gasteiger charge is 2.12. The first-order chi connectivity index (χ1) is 11.4. The van der Waals surface area contributed by atoms with Gasteiger partial charge in [-0.2, -0.15) is 0 Å². The lowest BCUT2D eigenvalue weighted by molar-refractivity contribution is -0.115. The third kappa shape index (κ3) is 4.69. The van der Waals surface area contributed by atoms with Gasteiger partial charge in [-0.1, -0.05) is 31.0 Å². The van der Waals surface area contributed by atoms with Gasteiger partial charge >= 0.3 is 0 Å². The van der Waals surface area contributed by atoms with E-state index in [2.05, 4.69) is 16.0 Å². The molecule has 124 valence electrons. The molecule has 6 heteroatoms. The molecule has 0 fully saturated rings. The zero-order chi connectivity index (χ0) is 17.6. The molecule has 2 rings (SSSR count). The van der Waals surface area contributed by atoms with E-state index >= 15 is 0 Å². The highest BCUT2D eigenvalue weighted by atomic mass is 32.2. The molecule has 0 aliphatic heterocycles. The van der Waals surface area contributed by atoms with E-state index in [0.717, 1.165) is 5.56 Å². The minimum atomic E-state index is -3.48. The predicted octanol–water partition coefficient (Wildman–Crippen LogP) is 2.15. The summed E-state index contributed by atoms with van der Waals surface area (Å²) in [5, 5.41) is 2.77. The minimum absolute atomic E-state index is 0.141. The summed E-state index contributed by atoms with van der Waals surface area (Å²) in [5.41, 5.74) is 2.03. The van der Waals surface area contributed by atoms with Gasteiger partial charge in [0.05, 0.1) is 11.3 Å². The van der Waals surface area contributed by atoms with E-state index in [1.165, 1.54) is 12.1 Å². The van der Waals surface area contributed by atoms with Crippen LogP contribution in [-0.4, -0.2) is 20.9 Å². The van der Waals surface area contributed by atoms with Gasteiger partial charge in [-0.3, -0.25) is 4.79 Å². The standard InChI is InChI=1S/C18H18N2O3S/c1-3-14-6-5-7-16(12-14)20-18(21)13-15-8-10-17(11-9-15)24(22,23)19-4-2/h1,5-12,19H,4,13H2,2H3,(H,20,21). The van der Waals surface area contributed by atoms with Crippen LogP contribution in [0.5, 0.6) is 0 Å². The zero-order valence-corrected chi connectivity index (χ0v) is 14.1. The molecule has 0 aliphatic carbocycles. The van der Waals surface area contributed by atoms with Crippen molar-refractivity contribution < 1.29 is 13.2 Å². The van der Waals surface area contributed by atoms with Gasteiger partial charge in [0, 0.05) is 17.8 Å². The van der Waals surface area contributed by atoms with Gasteiger partial charge in [-0.15, -0.1) is 6.42 Å². The number of amides is 1. The Hall–Kier alpha value is -2.62. The van der Waals surface area contributed by atoms with Crippen molar-refractivity contribution in [3.05, 3.63) is 59.7 Å². The number of benzene rings is 2. The fourth-order valence-corrected chi connectivity index (χ4v) is 3.18. The monoisotopic (exact) mass is 342 g/mol. The van der Waals surface area contributed by atoms with Gasteiger partial charge in [-0.05, 0) is 35.9 Å². The van der Waals surface area contributed by atoms with Crippen LogP contribution in [0.15, 0.2) is 53.4 Å². The lowest BCUT2D eigenvalue weighted by Gasteiger charge is -2.07. The van der Waals surface area contributed by atoms with Crippen LogP contribution in [0.1, 0.15) is 18.1 Å². The smallest absolute Gasteiger partial charge is 0.240 e. The first kappa shape index (κ1) is 17.7. The Bertz CT molecular complexity index is 866. The van der Waals surface area contributed by atoms with Crippen molar-refractivity contribution >= 4 is 21.6 Å². The SMILES string of the molecule is C#Cc1cccc(NC(=O)Cc2ccc(S(=O)(=O)NCC)cc2)c1. The van der Waals surface area contributed by atoms with Gasteiger partial charge in [0.2, 0.25) is 15.9 Å². The molecule has 0 atom stereocenters. The fraction of sp³-hybridized carbons (Fsp3) is 0.167. The molecule has 24 heavy (non-hydrogen) atoms. The average molecular weight is 342 g/mol. The van der Waals surface area contributed by atoms with Crippen molar-refractivity contribution in [1.82, 2.24) is 4.72 Å². The molecule has 0 heterocycles. The molecule has 0 radical (unpaired) electrons. The number of carbonyl (C=O) groups excluding carboxylic acids is 1. The second kappa shape index (κ2) is 7.77. The third-order valence-electron chi connectivity index (χ3n) is 3.25. The van der Waals surface area contributed by atoms with Crippen LogP contribution in [0.25, 0.3) is 0 Å². The Morgan fingerprint density at radius 1 is 1.17 bits per heavy atom. The number of sulfonamides is 1. The van der Waals surface area contributed by atoms with Crippen LogP contribution in [0.2, 0.25) is 0 Å². The zero-order valence-electron chi connectivity index (χ0n) is 13.2. The Balaban J connectivity index is 2.03. The summed E-state index contributed by atoms with van der Waals surface area (Å²) < 4.78 is 26.1. The second-order valence-corrected chi connectivity index (χ2v) is 6.86. The summed E-state index contributed by atoms with van der Waals surface area (Å²) in [6.07, 6.45) is 5.47. The van der Waals surface area contributed by atoms with Crippen LogP contribution >= 0.6 is 0 Å². The Kier molecular flexibility index (Phi) is 5.74. The van der Waals surface area contributed by atoms with Crippen molar-refractivity contribution in [2.75, 3.05) is 11.9 Å². The molecule has 5 nitrogen and oxygen atoms in total.